The third-order valence-electron chi connectivity index (χ3n) is 3.97. The van der Waals surface area contributed by atoms with Crippen LogP contribution in [-0.4, -0.2) is 39.6 Å². The fourth-order valence-electron chi connectivity index (χ4n) is 2.65. The normalized spacial score (nSPS) is 11.1. The summed E-state index contributed by atoms with van der Waals surface area (Å²) in [5.41, 5.74) is 0.442. The number of carbonyl (C=O) groups is 2. The van der Waals surface area contributed by atoms with Crippen LogP contribution in [0.1, 0.15) is 20.7 Å². The number of aromatic nitrogens is 1. The van der Waals surface area contributed by atoms with Gasteiger partial charge in [-0.25, -0.2) is 18.0 Å². The largest absolute Gasteiger partial charge is 0.465 e. The number of carbonyl (C=O) groups excluding carboxylic acids is 2. The van der Waals surface area contributed by atoms with Gasteiger partial charge in [0.2, 0.25) is 0 Å². The van der Waals surface area contributed by atoms with Gasteiger partial charge in [0.25, 0.3) is 10.0 Å². The number of rotatable bonds is 5. The lowest BCUT2D eigenvalue weighted by Crippen LogP contribution is -2.19. The molecule has 0 saturated heterocycles. The molecule has 3 aromatic rings. The minimum Gasteiger partial charge on any atom is -0.465 e. The molecule has 0 amide bonds. The Hall–Kier alpha value is -3.46. The highest BCUT2D eigenvalue weighted by Gasteiger charge is 2.26. The van der Waals surface area contributed by atoms with Crippen LogP contribution in [0.5, 0.6) is 0 Å². The molecule has 0 radical (unpaired) electrons. The molecule has 2 aromatic carbocycles. The van der Waals surface area contributed by atoms with Gasteiger partial charge in [-0.2, -0.15) is 0 Å². The van der Waals surface area contributed by atoms with E-state index >= 15 is 0 Å². The van der Waals surface area contributed by atoms with E-state index in [1.54, 1.807) is 30.3 Å². The van der Waals surface area contributed by atoms with Gasteiger partial charge in [0.05, 0.1) is 36.6 Å². The number of nitrogens with zero attached hydrogens (tertiary/aromatic N) is 1. The van der Waals surface area contributed by atoms with Gasteiger partial charge in [0, 0.05) is 11.6 Å². The summed E-state index contributed by atoms with van der Waals surface area (Å²) in [6.45, 7) is 0. The summed E-state index contributed by atoms with van der Waals surface area (Å²) in [5.74, 6) is -1.59. The van der Waals surface area contributed by atoms with Crippen molar-refractivity contribution in [2.75, 3.05) is 18.9 Å². The second kappa shape index (κ2) is 7.65. The van der Waals surface area contributed by atoms with Gasteiger partial charge in [-0.05, 0) is 30.3 Å². The molecule has 0 aliphatic carbocycles. The van der Waals surface area contributed by atoms with Gasteiger partial charge in [-0.15, -0.1) is 0 Å². The molecule has 3 rings (SSSR count). The van der Waals surface area contributed by atoms with Gasteiger partial charge in [-0.3, -0.25) is 9.71 Å². The Morgan fingerprint density at radius 3 is 2.39 bits per heavy atom. The fourth-order valence-corrected chi connectivity index (χ4v) is 3.94. The zero-order valence-corrected chi connectivity index (χ0v) is 15.8. The number of hydrogen-bond acceptors (Lipinski definition) is 7. The lowest BCUT2D eigenvalue weighted by molar-refractivity contribution is 0.0583. The second-order valence-corrected chi connectivity index (χ2v) is 7.33. The van der Waals surface area contributed by atoms with Crippen LogP contribution in [0, 0.1) is 0 Å². The van der Waals surface area contributed by atoms with E-state index < -0.39 is 26.9 Å². The van der Waals surface area contributed by atoms with Crippen LogP contribution in [0.4, 0.5) is 5.69 Å². The molecule has 1 N–H and O–H groups in total. The quantitative estimate of drug-likeness (QED) is 0.655. The molecule has 0 aliphatic heterocycles. The first-order chi connectivity index (χ1) is 13.4. The van der Waals surface area contributed by atoms with Gasteiger partial charge in [-0.1, -0.05) is 18.2 Å². The van der Waals surface area contributed by atoms with Crippen LogP contribution in [0.25, 0.3) is 10.9 Å². The highest BCUT2D eigenvalue weighted by molar-refractivity contribution is 7.92. The molecule has 0 aliphatic rings. The molecule has 9 heteroatoms. The summed E-state index contributed by atoms with van der Waals surface area (Å²) in [6.07, 6.45) is 1.54. The number of sulfonamides is 1. The van der Waals surface area contributed by atoms with Crippen molar-refractivity contribution in [3.05, 3.63) is 65.9 Å². The van der Waals surface area contributed by atoms with Crippen LogP contribution < -0.4 is 4.72 Å². The second-order valence-electron chi connectivity index (χ2n) is 5.68. The lowest BCUT2D eigenvalue weighted by Gasteiger charge is -2.13. The molecule has 0 atom stereocenters. The van der Waals surface area contributed by atoms with E-state index in [9.17, 15) is 18.0 Å². The topological polar surface area (TPSA) is 112 Å². The zero-order chi connectivity index (χ0) is 20.3. The maximum atomic E-state index is 13.1. The van der Waals surface area contributed by atoms with E-state index in [4.69, 9.17) is 0 Å². The number of methoxy groups -OCH3 is 2. The number of ether oxygens (including phenoxy) is 2. The van der Waals surface area contributed by atoms with Gasteiger partial charge in [0.1, 0.15) is 4.90 Å². The highest BCUT2D eigenvalue weighted by Crippen LogP contribution is 2.26. The van der Waals surface area contributed by atoms with Gasteiger partial charge < -0.3 is 9.47 Å². The molecule has 144 valence electrons. The van der Waals surface area contributed by atoms with Crippen molar-refractivity contribution in [3.8, 4) is 0 Å². The first-order valence-electron chi connectivity index (χ1n) is 8.04. The molecule has 0 unspecified atom stereocenters. The Balaban J connectivity index is 2.14. The van der Waals surface area contributed by atoms with E-state index in [1.807, 2.05) is 0 Å². The number of pyridine rings is 1. The van der Waals surface area contributed by atoms with Crippen molar-refractivity contribution >= 4 is 38.6 Å². The van der Waals surface area contributed by atoms with Crippen LogP contribution >= 0.6 is 0 Å². The monoisotopic (exact) mass is 400 g/mol. The zero-order valence-electron chi connectivity index (χ0n) is 15.0. The van der Waals surface area contributed by atoms with Gasteiger partial charge >= 0.3 is 11.9 Å². The predicted molar refractivity (Wildman–Crippen MR) is 102 cm³/mol. The first kappa shape index (κ1) is 19.3. The average Bonchev–Trinajstić information content (AvgIpc) is 2.72. The molecular formula is C19H16N2O6S. The highest BCUT2D eigenvalue weighted by atomic mass is 32.2. The lowest BCUT2D eigenvalue weighted by atomic mass is 10.1. The fraction of sp³-hybridized carbons (Fsp3) is 0.105. The van der Waals surface area contributed by atoms with Crippen molar-refractivity contribution in [3.63, 3.8) is 0 Å². The molecule has 0 bridgehead atoms. The number of benzene rings is 2. The molecule has 1 aromatic heterocycles. The van der Waals surface area contributed by atoms with E-state index in [0.29, 0.717) is 5.52 Å². The van der Waals surface area contributed by atoms with Crippen LogP contribution in [0.15, 0.2) is 59.6 Å². The third kappa shape index (κ3) is 3.65. The molecule has 1 heterocycles. The molecule has 0 fully saturated rings. The van der Waals surface area contributed by atoms with E-state index in [2.05, 4.69) is 19.2 Å². The molecule has 28 heavy (non-hydrogen) atoms. The number of anilines is 1. The number of esters is 2. The Kier molecular flexibility index (Phi) is 5.27. The summed E-state index contributed by atoms with van der Waals surface area (Å²) in [5, 5.41) is 0.735. The van der Waals surface area contributed by atoms with Crippen LogP contribution in [0.3, 0.4) is 0 Å². The van der Waals surface area contributed by atoms with E-state index in [1.165, 1.54) is 25.4 Å². The Morgan fingerprint density at radius 1 is 0.964 bits per heavy atom. The minimum atomic E-state index is -4.25. The van der Waals surface area contributed by atoms with Crippen LogP contribution in [-0.2, 0) is 19.5 Å². The molecule has 8 nitrogen and oxygen atoms in total. The first-order valence-corrected chi connectivity index (χ1v) is 9.53. The third-order valence-corrected chi connectivity index (χ3v) is 5.38. The van der Waals surface area contributed by atoms with Crippen molar-refractivity contribution in [2.24, 2.45) is 0 Å². The SMILES string of the molecule is COC(=O)c1ccc(C(=O)OC)c(S(=O)(=O)Nc2cccc3cccnc23)c1. The van der Waals surface area contributed by atoms with Crippen molar-refractivity contribution in [2.45, 2.75) is 4.90 Å². The Labute approximate surface area is 161 Å². The number of fused-ring (bicyclic) bond motifs is 1. The average molecular weight is 400 g/mol. The number of para-hydroxylation sites is 1. The standard InChI is InChI=1S/C19H16N2O6S/c1-26-18(22)13-8-9-14(19(23)27-2)16(11-13)28(24,25)21-15-7-3-5-12-6-4-10-20-17(12)15/h3-11,21H,1-2H3. The molecule has 0 spiro atoms. The van der Waals surface area contributed by atoms with Crippen molar-refractivity contribution in [1.29, 1.82) is 0 Å². The Morgan fingerprint density at radius 2 is 1.68 bits per heavy atom. The Bertz CT molecular complexity index is 1170. The van der Waals surface area contributed by atoms with Gasteiger partial charge in [0.15, 0.2) is 0 Å². The summed E-state index contributed by atoms with van der Waals surface area (Å²) < 4.78 is 37.8. The maximum absolute atomic E-state index is 13.1. The minimum absolute atomic E-state index is 0.0217. The predicted octanol–water partition coefficient (Wildman–Crippen LogP) is 2.61. The summed E-state index contributed by atoms with van der Waals surface area (Å²) in [6, 6.07) is 12.1. The molecule has 0 saturated carbocycles. The summed E-state index contributed by atoms with van der Waals surface area (Å²) in [7, 11) is -1.95. The van der Waals surface area contributed by atoms with E-state index in [-0.39, 0.29) is 16.8 Å². The van der Waals surface area contributed by atoms with Crippen molar-refractivity contribution in [1.82, 2.24) is 4.98 Å². The molecular weight excluding hydrogens is 384 g/mol. The van der Waals surface area contributed by atoms with Crippen LogP contribution in [0.2, 0.25) is 0 Å². The summed E-state index contributed by atoms with van der Waals surface area (Å²) >= 11 is 0. The smallest absolute Gasteiger partial charge is 0.339 e. The number of nitrogens with one attached hydrogen (secondary N) is 1. The summed E-state index contributed by atoms with van der Waals surface area (Å²) in [4.78, 5) is 27.7. The number of hydrogen-bond donors (Lipinski definition) is 1. The van der Waals surface area contributed by atoms with Crippen molar-refractivity contribution < 1.29 is 27.5 Å². The van der Waals surface area contributed by atoms with E-state index in [0.717, 1.165) is 18.6 Å². The maximum Gasteiger partial charge on any atom is 0.339 e.